The first-order valence-corrected chi connectivity index (χ1v) is 11.8. The van der Waals surface area contributed by atoms with Crippen molar-refractivity contribution in [1.29, 1.82) is 0 Å². The first-order chi connectivity index (χ1) is 15.8. The quantitative estimate of drug-likeness (QED) is 0.328. The molecule has 2 heterocycles. The predicted octanol–water partition coefficient (Wildman–Crippen LogP) is 5.64. The van der Waals surface area contributed by atoms with Crippen molar-refractivity contribution < 1.29 is 18.0 Å². The molecule has 0 saturated carbocycles. The number of piperidine rings is 1. The van der Waals surface area contributed by atoms with Crippen LogP contribution in [0.3, 0.4) is 0 Å². The molecule has 1 fully saturated rings. The van der Waals surface area contributed by atoms with Gasteiger partial charge in [0, 0.05) is 5.56 Å². The maximum atomic E-state index is 13.8. The van der Waals surface area contributed by atoms with E-state index in [-0.39, 0.29) is 16.6 Å². The van der Waals surface area contributed by atoms with Gasteiger partial charge in [-0.15, -0.1) is 10.2 Å². The number of Topliss-reactive ketones (excluding diaryl/α,β-unsaturated/α-hetero) is 1. The van der Waals surface area contributed by atoms with Gasteiger partial charge in [-0.2, -0.15) is 13.2 Å². The summed E-state index contributed by atoms with van der Waals surface area (Å²) in [5, 5.41) is 8.22. The molecule has 0 unspecified atom stereocenters. The van der Waals surface area contributed by atoms with Gasteiger partial charge in [-0.25, -0.2) is 0 Å². The summed E-state index contributed by atoms with van der Waals surface area (Å²) < 4.78 is 43.0. The predicted molar refractivity (Wildman–Crippen MR) is 122 cm³/mol. The highest BCUT2D eigenvalue weighted by Gasteiger charge is 2.35. The number of aromatic nitrogens is 3. The number of halogens is 3. The van der Waals surface area contributed by atoms with Gasteiger partial charge in [-0.05, 0) is 45.0 Å². The van der Waals surface area contributed by atoms with Crippen LogP contribution in [0.4, 0.5) is 13.2 Å². The monoisotopic (exact) mass is 474 g/mol. The van der Waals surface area contributed by atoms with Gasteiger partial charge in [0.2, 0.25) is 0 Å². The van der Waals surface area contributed by atoms with Crippen LogP contribution in [0.2, 0.25) is 0 Å². The summed E-state index contributed by atoms with van der Waals surface area (Å²) >= 11 is 1.12. The van der Waals surface area contributed by atoms with Gasteiger partial charge in [0.15, 0.2) is 16.8 Å². The first-order valence-electron chi connectivity index (χ1n) is 10.9. The molecule has 0 aliphatic carbocycles. The number of hydrogen-bond donors (Lipinski definition) is 0. The number of carbonyl (C=O) groups excluding carboxylic acids is 1. The Balaban J connectivity index is 1.71. The number of likely N-dealkylation sites (tertiary alicyclic amines) is 1. The number of nitrogens with zero attached hydrogens (tertiary/aromatic N) is 4. The van der Waals surface area contributed by atoms with Crippen molar-refractivity contribution in [3.8, 4) is 5.69 Å². The summed E-state index contributed by atoms with van der Waals surface area (Å²) in [6.45, 7) is 3.89. The lowest BCUT2D eigenvalue weighted by atomic mass is 10.1. The Hall–Kier alpha value is -2.65. The van der Waals surface area contributed by atoms with E-state index in [1.54, 1.807) is 37.3 Å². The topological polar surface area (TPSA) is 51.0 Å². The zero-order chi connectivity index (χ0) is 23.4. The lowest BCUT2D eigenvalue weighted by Crippen LogP contribution is -2.30. The normalized spacial score (nSPS) is 16.0. The van der Waals surface area contributed by atoms with Gasteiger partial charge in [0.1, 0.15) is 0 Å². The second kappa shape index (κ2) is 10.1. The van der Waals surface area contributed by atoms with E-state index in [9.17, 15) is 18.0 Å². The SMILES string of the molecule is C[C@@H](Sc1nnc(CN2CCCCC2)n1-c1ccccc1C(F)(F)F)C(=O)c1ccccc1. The van der Waals surface area contributed by atoms with E-state index in [2.05, 4.69) is 15.1 Å². The van der Waals surface area contributed by atoms with Gasteiger partial charge < -0.3 is 0 Å². The average molecular weight is 475 g/mol. The fraction of sp³-hybridized carbons (Fsp3) is 0.375. The molecule has 0 radical (unpaired) electrons. The molecule has 2 aromatic carbocycles. The van der Waals surface area contributed by atoms with E-state index >= 15 is 0 Å². The van der Waals surface area contributed by atoms with Crippen molar-refractivity contribution in [3.05, 3.63) is 71.5 Å². The summed E-state index contributed by atoms with van der Waals surface area (Å²) in [6.07, 6.45) is -1.27. The number of ketones is 1. The largest absolute Gasteiger partial charge is 0.418 e. The molecule has 4 rings (SSSR count). The third kappa shape index (κ3) is 5.47. The fourth-order valence-corrected chi connectivity index (χ4v) is 4.95. The summed E-state index contributed by atoms with van der Waals surface area (Å²) in [5.74, 6) is 0.326. The van der Waals surface area contributed by atoms with E-state index in [1.807, 2.05) is 6.07 Å². The highest BCUT2D eigenvalue weighted by Crippen LogP contribution is 2.36. The molecule has 1 aromatic heterocycles. The van der Waals surface area contributed by atoms with E-state index in [4.69, 9.17) is 0 Å². The van der Waals surface area contributed by atoms with Crippen LogP contribution in [0.5, 0.6) is 0 Å². The minimum absolute atomic E-state index is 0.0242. The third-order valence-corrected chi connectivity index (χ3v) is 6.72. The Morgan fingerprint density at radius 1 is 1.00 bits per heavy atom. The zero-order valence-electron chi connectivity index (χ0n) is 18.3. The molecule has 5 nitrogen and oxygen atoms in total. The maximum Gasteiger partial charge on any atom is 0.418 e. The molecule has 1 saturated heterocycles. The van der Waals surface area contributed by atoms with Crippen LogP contribution in [0.15, 0.2) is 59.8 Å². The Morgan fingerprint density at radius 2 is 1.67 bits per heavy atom. The molecule has 0 bridgehead atoms. The molecule has 0 amide bonds. The van der Waals surface area contributed by atoms with E-state index in [1.165, 1.54) is 16.7 Å². The lowest BCUT2D eigenvalue weighted by Gasteiger charge is -2.26. The Morgan fingerprint density at radius 3 is 2.36 bits per heavy atom. The van der Waals surface area contributed by atoms with Crippen LogP contribution >= 0.6 is 11.8 Å². The molecule has 174 valence electrons. The van der Waals surface area contributed by atoms with E-state index in [0.717, 1.165) is 50.2 Å². The highest BCUT2D eigenvalue weighted by atomic mass is 32.2. The summed E-state index contributed by atoms with van der Waals surface area (Å²) in [6, 6.07) is 14.3. The standard InChI is InChI=1S/C24H25F3N4OS/c1-17(22(32)18-10-4-2-5-11-18)33-23-29-28-21(16-30-14-8-3-9-15-30)31(23)20-13-7-6-12-19(20)24(25,26)27/h2,4-7,10-13,17H,3,8-9,14-16H2,1H3/t17-/m1/s1. The van der Waals surface area contributed by atoms with Crippen LogP contribution < -0.4 is 0 Å². The number of rotatable bonds is 7. The van der Waals surface area contributed by atoms with Gasteiger partial charge in [-0.3, -0.25) is 14.3 Å². The molecule has 0 spiro atoms. The number of thioether (sulfide) groups is 1. The minimum Gasteiger partial charge on any atom is -0.296 e. The van der Waals surface area contributed by atoms with E-state index < -0.39 is 17.0 Å². The molecule has 33 heavy (non-hydrogen) atoms. The van der Waals surface area contributed by atoms with Gasteiger partial charge in [0.05, 0.1) is 23.0 Å². The second-order valence-electron chi connectivity index (χ2n) is 8.08. The summed E-state index contributed by atoms with van der Waals surface area (Å²) in [5.41, 5.74) is -0.231. The Labute approximate surface area is 195 Å². The third-order valence-electron chi connectivity index (χ3n) is 5.67. The molecule has 9 heteroatoms. The summed E-state index contributed by atoms with van der Waals surface area (Å²) in [4.78, 5) is 15.1. The summed E-state index contributed by atoms with van der Waals surface area (Å²) in [7, 11) is 0. The van der Waals surface area contributed by atoms with Crippen LogP contribution in [0.25, 0.3) is 5.69 Å². The zero-order valence-corrected chi connectivity index (χ0v) is 19.1. The number of benzene rings is 2. The Bertz CT molecular complexity index is 1090. The highest BCUT2D eigenvalue weighted by molar-refractivity contribution is 8.00. The number of carbonyl (C=O) groups is 1. The Kier molecular flexibility index (Phi) is 7.19. The molecular formula is C24H25F3N4OS. The van der Waals surface area contributed by atoms with Crippen molar-refractivity contribution in [2.45, 2.75) is 49.3 Å². The molecule has 1 aliphatic heterocycles. The molecule has 3 aromatic rings. The van der Waals surface area contributed by atoms with Crippen LogP contribution in [0.1, 0.15) is 47.9 Å². The minimum atomic E-state index is -4.53. The first kappa shape index (κ1) is 23.5. The van der Waals surface area contributed by atoms with Crippen molar-refractivity contribution in [2.24, 2.45) is 0 Å². The van der Waals surface area contributed by atoms with Crippen molar-refractivity contribution in [2.75, 3.05) is 13.1 Å². The maximum absolute atomic E-state index is 13.8. The van der Waals surface area contributed by atoms with E-state index in [0.29, 0.717) is 17.9 Å². The second-order valence-corrected chi connectivity index (χ2v) is 9.38. The van der Waals surface area contributed by atoms with Gasteiger partial charge in [-0.1, -0.05) is 60.6 Å². The van der Waals surface area contributed by atoms with Gasteiger partial charge in [0.25, 0.3) is 0 Å². The molecule has 1 aliphatic rings. The number of alkyl halides is 3. The molecule has 0 N–H and O–H groups in total. The average Bonchev–Trinajstić information content (AvgIpc) is 3.20. The van der Waals surface area contributed by atoms with Crippen LogP contribution in [-0.4, -0.2) is 43.8 Å². The lowest BCUT2D eigenvalue weighted by molar-refractivity contribution is -0.137. The number of para-hydroxylation sites is 1. The van der Waals surface area contributed by atoms with Crippen molar-refractivity contribution in [3.63, 3.8) is 0 Å². The van der Waals surface area contributed by atoms with Crippen molar-refractivity contribution in [1.82, 2.24) is 19.7 Å². The van der Waals surface area contributed by atoms with Crippen LogP contribution in [-0.2, 0) is 12.7 Å². The fourth-order valence-electron chi connectivity index (χ4n) is 4.00. The van der Waals surface area contributed by atoms with Crippen LogP contribution in [0, 0.1) is 0 Å². The van der Waals surface area contributed by atoms with Crippen molar-refractivity contribution >= 4 is 17.5 Å². The van der Waals surface area contributed by atoms with Gasteiger partial charge >= 0.3 is 6.18 Å². The molecule has 1 atom stereocenters. The number of hydrogen-bond acceptors (Lipinski definition) is 5. The smallest absolute Gasteiger partial charge is 0.296 e. The molecular weight excluding hydrogens is 449 g/mol.